The Morgan fingerprint density at radius 2 is 2.09 bits per heavy atom. The maximum absolute atomic E-state index is 12.2. The van der Waals surface area contributed by atoms with Crippen LogP contribution in [-0.2, 0) is 11.3 Å². The molecule has 1 N–H and O–H groups in total. The van der Waals surface area contributed by atoms with Crippen LogP contribution in [0.1, 0.15) is 35.3 Å². The van der Waals surface area contributed by atoms with Gasteiger partial charge in [-0.3, -0.25) is 9.59 Å². The quantitative estimate of drug-likeness (QED) is 0.567. The fraction of sp³-hybridized carbons (Fsp3) is 0.429. The van der Waals surface area contributed by atoms with Gasteiger partial charge in [0.1, 0.15) is 0 Å². The normalized spacial score (nSPS) is 10.8. The Labute approximate surface area is 146 Å². The van der Waals surface area contributed by atoms with Crippen molar-refractivity contribution in [1.29, 1.82) is 0 Å². The lowest BCUT2D eigenvalue weighted by molar-refractivity contribution is -0.119. The molecule has 0 bridgehead atoms. The molecule has 0 fully saturated rings. The lowest BCUT2D eigenvalue weighted by Crippen LogP contribution is -2.18. The smallest absolute Gasteiger partial charge is 0.295 e. The van der Waals surface area contributed by atoms with Gasteiger partial charge >= 0.3 is 0 Å². The molecule has 0 saturated carbocycles. The predicted molar refractivity (Wildman–Crippen MR) is 92.6 cm³/mol. The number of nitrogens with one attached hydrogen (secondary N) is 1. The SMILES string of the molecule is CC(=O)NCc1ccc(C(=O)CSc2nnc(OC(C)C)s2)s1. The highest BCUT2D eigenvalue weighted by atomic mass is 32.2. The van der Waals surface area contributed by atoms with E-state index in [1.165, 1.54) is 41.4 Å². The minimum atomic E-state index is -0.0856. The Morgan fingerprint density at radius 3 is 2.78 bits per heavy atom. The van der Waals surface area contributed by atoms with Crippen LogP contribution in [0.4, 0.5) is 0 Å². The van der Waals surface area contributed by atoms with Gasteiger partial charge in [0, 0.05) is 11.8 Å². The van der Waals surface area contributed by atoms with Crippen LogP contribution in [0.3, 0.4) is 0 Å². The highest BCUT2D eigenvalue weighted by molar-refractivity contribution is 8.01. The number of ether oxygens (including phenoxy) is 1. The number of hydrogen-bond donors (Lipinski definition) is 1. The maximum atomic E-state index is 12.2. The second kappa shape index (κ2) is 8.42. The van der Waals surface area contributed by atoms with Crippen molar-refractivity contribution >= 4 is 46.1 Å². The molecule has 0 saturated heterocycles. The minimum Gasteiger partial charge on any atom is -0.466 e. The van der Waals surface area contributed by atoms with Crippen LogP contribution in [-0.4, -0.2) is 33.7 Å². The van der Waals surface area contributed by atoms with Gasteiger partial charge in [0.15, 0.2) is 10.1 Å². The molecule has 0 aliphatic rings. The Kier molecular flexibility index (Phi) is 6.55. The minimum absolute atomic E-state index is 0.0376. The molecule has 2 heterocycles. The van der Waals surface area contributed by atoms with Crippen molar-refractivity contribution < 1.29 is 14.3 Å². The first kappa shape index (κ1) is 17.9. The van der Waals surface area contributed by atoms with Crippen molar-refractivity contribution in [3.8, 4) is 5.19 Å². The molecule has 1 amide bonds. The number of nitrogens with zero attached hydrogens (tertiary/aromatic N) is 2. The third-order valence-corrected chi connectivity index (χ3v) is 5.57. The van der Waals surface area contributed by atoms with Gasteiger partial charge in [-0.15, -0.1) is 16.4 Å². The first-order valence-electron chi connectivity index (χ1n) is 6.93. The molecule has 23 heavy (non-hydrogen) atoms. The molecule has 0 aromatic carbocycles. The van der Waals surface area contributed by atoms with E-state index in [4.69, 9.17) is 4.74 Å². The van der Waals surface area contributed by atoms with Crippen LogP contribution < -0.4 is 10.1 Å². The summed E-state index contributed by atoms with van der Waals surface area (Å²) in [6.07, 6.45) is 0.0515. The van der Waals surface area contributed by atoms with Crippen molar-refractivity contribution in [3.63, 3.8) is 0 Å². The second-order valence-electron chi connectivity index (χ2n) is 4.89. The number of thioether (sulfide) groups is 1. The van der Waals surface area contributed by atoms with Crippen LogP contribution in [0, 0.1) is 0 Å². The number of ketones is 1. The number of amides is 1. The summed E-state index contributed by atoms with van der Waals surface area (Å²) in [7, 11) is 0. The number of rotatable bonds is 8. The molecular formula is C14H17N3O3S3. The lowest BCUT2D eigenvalue weighted by Gasteiger charge is -2.02. The fourth-order valence-corrected chi connectivity index (χ4v) is 4.20. The lowest BCUT2D eigenvalue weighted by atomic mass is 10.3. The highest BCUT2D eigenvalue weighted by Gasteiger charge is 2.13. The van der Waals surface area contributed by atoms with E-state index in [1.54, 1.807) is 6.07 Å². The summed E-state index contributed by atoms with van der Waals surface area (Å²) >= 11 is 4.09. The standard InChI is InChI=1S/C14H17N3O3S3/c1-8(2)20-13-16-17-14(23-13)21-7-11(19)12-5-4-10(22-12)6-15-9(3)18/h4-5,8H,6-7H2,1-3H3,(H,15,18). The summed E-state index contributed by atoms with van der Waals surface area (Å²) in [5.74, 6) is 0.254. The van der Waals surface area contributed by atoms with Crippen molar-refractivity contribution in [2.75, 3.05) is 5.75 Å². The van der Waals surface area contributed by atoms with Crippen molar-refractivity contribution in [3.05, 3.63) is 21.9 Å². The van der Waals surface area contributed by atoms with E-state index < -0.39 is 0 Å². The van der Waals surface area contributed by atoms with Crippen LogP contribution in [0.2, 0.25) is 0 Å². The van der Waals surface area contributed by atoms with Crippen LogP contribution in [0.5, 0.6) is 5.19 Å². The zero-order chi connectivity index (χ0) is 16.8. The van der Waals surface area contributed by atoms with Crippen LogP contribution in [0.15, 0.2) is 16.5 Å². The van der Waals surface area contributed by atoms with E-state index in [2.05, 4.69) is 15.5 Å². The molecule has 9 heteroatoms. The predicted octanol–water partition coefficient (Wildman–Crippen LogP) is 3.00. The second-order valence-corrected chi connectivity index (χ2v) is 8.22. The molecule has 0 atom stereocenters. The maximum Gasteiger partial charge on any atom is 0.295 e. The molecule has 6 nitrogen and oxygen atoms in total. The zero-order valence-corrected chi connectivity index (χ0v) is 15.4. The van der Waals surface area contributed by atoms with E-state index in [0.717, 1.165) is 4.88 Å². The van der Waals surface area contributed by atoms with E-state index in [0.29, 0.717) is 26.7 Å². The number of aromatic nitrogens is 2. The fourth-order valence-electron chi connectivity index (χ4n) is 1.54. The van der Waals surface area contributed by atoms with Gasteiger partial charge in [-0.1, -0.05) is 16.9 Å². The van der Waals surface area contributed by atoms with Gasteiger partial charge in [-0.2, -0.15) is 0 Å². The molecule has 0 radical (unpaired) electrons. The molecule has 0 aliphatic carbocycles. The number of hydrogen-bond acceptors (Lipinski definition) is 8. The molecule has 124 valence electrons. The van der Waals surface area contributed by atoms with E-state index in [1.807, 2.05) is 19.9 Å². The number of thiophene rings is 1. The van der Waals surface area contributed by atoms with Gasteiger partial charge in [-0.25, -0.2) is 0 Å². The van der Waals surface area contributed by atoms with Gasteiger partial charge in [0.2, 0.25) is 5.91 Å². The Morgan fingerprint density at radius 1 is 1.30 bits per heavy atom. The molecule has 0 aliphatic heterocycles. The van der Waals surface area contributed by atoms with Crippen molar-refractivity contribution in [2.45, 2.75) is 37.8 Å². The van der Waals surface area contributed by atoms with Crippen molar-refractivity contribution in [1.82, 2.24) is 15.5 Å². The molecular weight excluding hydrogens is 354 g/mol. The third kappa shape index (κ3) is 5.92. The van der Waals surface area contributed by atoms with Crippen LogP contribution in [0.25, 0.3) is 0 Å². The zero-order valence-electron chi connectivity index (χ0n) is 13.0. The van der Waals surface area contributed by atoms with Crippen LogP contribution >= 0.6 is 34.4 Å². The summed E-state index contributed by atoms with van der Waals surface area (Å²) in [5, 5.41) is 11.2. The number of Topliss-reactive ketones (excluding diaryl/α,β-unsaturated/α-hetero) is 1. The summed E-state index contributed by atoms with van der Waals surface area (Å²) in [4.78, 5) is 24.7. The third-order valence-electron chi connectivity index (χ3n) is 2.50. The Bertz CT molecular complexity index is 682. The van der Waals surface area contributed by atoms with Gasteiger partial charge in [0.05, 0.1) is 23.3 Å². The van der Waals surface area contributed by atoms with Gasteiger partial charge in [0.25, 0.3) is 5.19 Å². The summed E-state index contributed by atoms with van der Waals surface area (Å²) in [5.41, 5.74) is 0. The Balaban J connectivity index is 1.84. The molecule has 0 spiro atoms. The summed E-state index contributed by atoms with van der Waals surface area (Å²) < 4.78 is 6.16. The van der Waals surface area contributed by atoms with Gasteiger partial charge < -0.3 is 10.1 Å². The average molecular weight is 372 g/mol. The number of carbonyl (C=O) groups excluding carboxylic acids is 2. The number of carbonyl (C=O) groups is 2. The van der Waals surface area contributed by atoms with E-state index >= 15 is 0 Å². The molecule has 2 rings (SSSR count). The first-order valence-corrected chi connectivity index (χ1v) is 9.55. The molecule has 0 unspecified atom stereocenters. The monoisotopic (exact) mass is 371 g/mol. The molecule has 2 aromatic rings. The summed E-state index contributed by atoms with van der Waals surface area (Å²) in [6, 6.07) is 3.65. The highest BCUT2D eigenvalue weighted by Crippen LogP contribution is 2.28. The Hall–Kier alpha value is -1.45. The summed E-state index contributed by atoms with van der Waals surface area (Å²) in [6.45, 7) is 5.77. The van der Waals surface area contributed by atoms with Gasteiger partial charge in [-0.05, 0) is 37.3 Å². The molecule has 2 aromatic heterocycles. The first-order chi connectivity index (χ1) is 10.9. The topological polar surface area (TPSA) is 81.2 Å². The average Bonchev–Trinajstić information content (AvgIpc) is 3.11. The largest absolute Gasteiger partial charge is 0.466 e. The van der Waals surface area contributed by atoms with E-state index in [9.17, 15) is 9.59 Å². The van der Waals surface area contributed by atoms with E-state index in [-0.39, 0.29) is 17.8 Å². The van der Waals surface area contributed by atoms with Crippen molar-refractivity contribution in [2.24, 2.45) is 0 Å².